The van der Waals surface area contributed by atoms with Crippen LogP contribution in [0.3, 0.4) is 0 Å². The first-order chi connectivity index (χ1) is 18.4. The van der Waals surface area contributed by atoms with Crippen LogP contribution in [0, 0.1) is 23.7 Å². The van der Waals surface area contributed by atoms with Gasteiger partial charge in [-0.25, -0.2) is 4.98 Å². The van der Waals surface area contributed by atoms with Crippen molar-refractivity contribution in [1.82, 2.24) is 20.6 Å². The first-order valence-electron chi connectivity index (χ1n) is 14.6. The Hall–Kier alpha value is -3.15. The summed E-state index contributed by atoms with van der Waals surface area (Å²) >= 11 is 0. The third kappa shape index (κ3) is 4.52. The van der Waals surface area contributed by atoms with Gasteiger partial charge in [0.1, 0.15) is 5.82 Å². The monoisotopic (exact) mass is 510 g/mol. The molecule has 38 heavy (non-hydrogen) atoms. The molecule has 0 radical (unpaired) electrons. The number of carbonyl (C=O) groups excluding carboxylic acids is 2. The molecule has 1 heterocycles. The first-order valence-corrected chi connectivity index (χ1v) is 14.6. The maximum absolute atomic E-state index is 13.3. The van der Waals surface area contributed by atoms with Crippen LogP contribution in [0.4, 0.5) is 0 Å². The van der Waals surface area contributed by atoms with Crippen molar-refractivity contribution in [3.05, 3.63) is 53.6 Å². The fourth-order valence-electron chi connectivity index (χ4n) is 8.31. The van der Waals surface area contributed by atoms with Crippen LogP contribution in [0.2, 0.25) is 0 Å². The lowest BCUT2D eigenvalue weighted by molar-refractivity contribution is -0.0167. The second-order valence-corrected chi connectivity index (χ2v) is 13.0. The minimum atomic E-state index is -0.00427. The van der Waals surface area contributed by atoms with E-state index in [-0.39, 0.29) is 23.4 Å². The average molecular weight is 511 g/mol. The number of aromatic nitrogens is 2. The van der Waals surface area contributed by atoms with Crippen LogP contribution in [0.15, 0.2) is 42.5 Å². The van der Waals surface area contributed by atoms with Crippen LogP contribution < -0.4 is 10.6 Å². The molecule has 0 aliphatic heterocycles. The Morgan fingerprint density at radius 1 is 0.842 bits per heavy atom. The van der Waals surface area contributed by atoms with Crippen molar-refractivity contribution < 1.29 is 9.59 Å². The van der Waals surface area contributed by atoms with Crippen LogP contribution in [-0.2, 0) is 0 Å². The van der Waals surface area contributed by atoms with E-state index in [1.54, 1.807) is 0 Å². The molecule has 3 N–H and O–H groups in total. The summed E-state index contributed by atoms with van der Waals surface area (Å²) in [6.07, 6.45) is 12.0. The molecule has 0 unspecified atom stereocenters. The molecule has 4 bridgehead atoms. The molecule has 5 aliphatic carbocycles. The van der Waals surface area contributed by atoms with Gasteiger partial charge >= 0.3 is 0 Å². The van der Waals surface area contributed by atoms with Gasteiger partial charge in [-0.2, -0.15) is 0 Å². The fourth-order valence-corrected chi connectivity index (χ4v) is 8.31. The molecule has 5 aliphatic rings. The second-order valence-electron chi connectivity index (χ2n) is 13.0. The molecule has 198 valence electrons. The van der Waals surface area contributed by atoms with Gasteiger partial charge in [0.15, 0.2) is 0 Å². The minimum Gasteiger partial charge on any atom is -0.349 e. The predicted octanol–water partition coefficient (Wildman–Crippen LogP) is 6.24. The molecular weight excluding hydrogens is 472 g/mol. The molecule has 0 spiro atoms. The molecule has 6 heteroatoms. The lowest BCUT2D eigenvalue weighted by Gasteiger charge is -2.56. The van der Waals surface area contributed by atoms with E-state index in [0.717, 1.165) is 78.2 Å². The quantitative estimate of drug-likeness (QED) is 0.380. The minimum absolute atomic E-state index is 0.000965. The predicted molar refractivity (Wildman–Crippen MR) is 149 cm³/mol. The fraction of sp³-hybridized carbons (Fsp3) is 0.531. The largest absolute Gasteiger partial charge is 0.349 e. The van der Waals surface area contributed by atoms with E-state index in [1.165, 1.54) is 32.1 Å². The molecule has 5 saturated carbocycles. The highest BCUT2D eigenvalue weighted by molar-refractivity contribution is 5.98. The molecular formula is C32H38N4O2. The third-order valence-corrected chi connectivity index (χ3v) is 9.93. The summed E-state index contributed by atoms with van der Waals surface area (Å²) in [5, 5.41) is 6.68. The third-order valence-electron chi connectivity index (χ3n) is 9.93. The van der Waals surface area contributed by atoms with Crippen LogP contribution in [-0.4, -0.2) is 33.4 Å². The van der Waals surface area contributed by atoms with Gasteiger partial charge in [0.2, 0.25) is 0 Å². The van der Waals surface area contributed by atoms with Gasteiger partial charge in [-0.15, -0.1) is 0 Å². The van der Waals surface area contributed by atoms with Crippen molar-refractivity contribution >= 4 is 22.8 Å². The molecule has 3 aromatic rings. The van der Waals surface area contributed by atoms with Gasteiger partial charge in [0.25, 0.3) is 11.8 Å². The van der Waals surface area contributed by atoms with Crippen molar-refractivity contribution in [3.8, 4) is 11.4 Å². The summed E-state index contributed by atoms with van der Waals surface area (Å²) in [7, 11) is 0. The molecule has 5 fully saturated rings. The Labute approximate surface area is 224 Å². The number of amides is 2. The van der Waals surface area contributed by atoms with Gasteiger partial charge in [-0.1, -0.05) is 19.1 Å². The Morgan fingerprint density at radius 3 is 2.13 bits per heavy atom. The maximum Gasteiger partial charge on any atom is 0.251 e. The smallest absolute Gasteiger partial charge is 0.251 e. The van der Waals surface area contributed by atoms with Gasteiger partial charge in [-0.3, -0.25) is 9.59 Å². The number of imidazole rings is 1. The van der Waals surface area contributed by atoms with E-state index in [2.05, 4.69) is 22.5 Å². The van der Waals surface area contributed by atoms with E-state index < -0.39 is 0 Å². The van der Waals surface area contributed by atoms with Crippen molar-refractivity contribution in [2.24, 2.45) is 23.7 Å². The number of carbonyl (C=O) groups is 2. The molecule has 1 aromatic heterocycles. The van der Waals surface area contributed by atoms with E-state index in [4.69, 9.17) is 4.98 Å². The number of hydrogen-bond donors (Lipinski definition) is 3. The highest BCUT2D eigenvalue weighted by atomic mass is 16.2. The molecule has 2 amide bonds. The number of aromatic amines is 1. The number of fused-ring (bicyclic) bond motifs is 1. The van der Waals surface area contributed by atoms with Crippen molar-refractivity contribution in [1.29, 1.82) is 0 Å². The molecule has 6 nitrogen and oxygen atoms in total. The molecule has 2 aromatic carbocycles. The van der Waals surface area contributed by atoms with Gasteiger partial charge in [-0.05, 0) is 118 Å². The van der Waals surface area contributed by atoms with Crippen molar-refractivity contribution in [2.75, 3.05) is 0 Å². The van der Waals surface area contributed by atoms with Crippen LogP contribution in [0.1, 0.15) is 91.8 Å². The summed E-state index contributed by atoms with van der Waals surface area (Å²) in [6, 6.07) is 13.7. The Balaban J connectivity index is 1.04. The van der Waals surface area contributed by atoms with Crippen LogP contribution in [0.25, 0.3) is 22.4 Å². The summed E-state index contributed by atoms with van der Waals surface area (Å²) < 4.78 is 0. The zero-order chi connectivity index (χ0) is 25.9. The molecule has 0 atom stereocenters. The molecule has 0 saturated heterocycles. The highest BCUT2D eigenvalue weighted by Crippen LogP contribution is 2.55. The van der Waals surface area contributed by atoms with Crippen LogP contribution >= 0.6 is 0 Å². The van der Waals surface area contributed by atoms with Crippen LogP contribution in [0.5, 0.6) is 0 Å². The van der Waals surface area contributed by atoms with E-state index in [9.17, 15) is 9.59 Å². The number of rotatable bonds is 5. The number of H-pyrrole nitrogens is 1. The van der Waals surface area contributed by atoms with Gasteiger partial charge < -0.3 is 15.6 Å². The summed E-state index contributed by atoms with van der Waals surface area (Å²) in [6.45, 7) is 2.29. The van der Waals surface area contributed by atoms with Crippen molar-refractivity contribution in [3.63, 3.8) is 0 Å². The number of nitrogens with zero attached hydrogens (tertiary/aromatic N) is 1. The SMILES string of the molecule is CC1CCC(NC(=O)c2ccc(-c3nc4cc(C(=O)NC56CC7CC(CC(C7)C5)C6)ccc4[nH]3)cc2)CC1. The van der Waals surface area contributed by atoms with E-state index in [1.807, 2.05) is 42.5 Å². The number of nitrogens with one attached hydrogen (secondary N) is 3. The molecule has 8 rings (SSSR count). The Kier molecular flexibility index (Phi) is 5.82. The van der Waals surface area contributed by atoms with Gasteiger partial charge in [0.05, 0.1) is 11.0 Å². The lowest BCUT2D eigenvalue weighted by Crippen LogP contribution is -2.59. The number of benzene rings is 2. The zero-order valence-electron chi connectivity index (χ0n) is 22.3. The second kappa shape index (κ2) is 9.25. The van der Waals surface area contributed by atoms with Crippen molar-refractivity contribution in [2.45, 2.75) is 82.7 Å². The normalized spacial score (nSPS) is 31.9. The Bertz CT molecular complexity index is 1330. The van der Waals surface area contributed by atoms with E-state index >= 15 is 0 Å². The zero-order valence-corrected chi connectivity index (χ0v) is 22.3. The number of hydrogen-bond acceptors (Lipinski definition) is 3. The van der Waals surface area contributed by atoms with Gasteiger partial charge in [0, 0.05) is 28.3 Å². The Morgan fingerprint density at radius 2 is 1.47 bits per heavy atom. The summed E-state index contributed by atoms with van der Waals surface area (Å²) in [4.78, 5) is 34.2. The lowest BCUT2D eigenvalue weighted by atomic mass is 9.53. The summed E-state index contributed by atoms with van der Waals surface area (Å²) in [5.74, 6) is 3.92. The summed E-state index contributed by atoms with van der Waals surface area (Å²) in [5.41, 5.74) is 3.96. The average Bonchev–Trinajstić information content (AvgIpc) is 3.32. The maximum atomic E-state index is 13.3. The highest BCUT2D eigenvalue weighted by Gasteiger charge is 2.51. The first kappa shape index (κ1) is 23.9. The van der Waals surface area contributed by atoms with E-state index in [0.29, 0.717) is 11.1 Å². The standard InChI is InChI=1S/C32H38N4O2/c1-19-2-9-26(10-3-19)33-30(37)24-6-4-23(5-7-24)29-34-27-11-8-25(15-28(27)35-29)31(38)36-32-16-20-12-21(17-32)14-22(13-20)18-32/h4-8,11,15,19-22,26H,2-3,9-10,12-14,16-18H2,1H3,(H,33,37)(H,34,35)(H,36,38). The topological polar surface area (TPSA) is 86.9 Å².